The van der Waals surface area contributed by atoms with Gasteiger partial charge in [0.2, 0.25) is 0 Å². The Balaban J connectivity index is 1.55. The zero-order valence-corrected chi connectivity index (χ0v) is 16.2. The minimum atomic E-state index is -0.115. The van der Waals surface area contributed by atoms with Crippen molar-refractivity contribution >= 4 is 17.2 Å². The van der Waals surface area contributed by atoms with Gasteiger partial charge in [0, 0.05) is 24.5 Å². The van der Waals surface area contributed by atoms with E-state index in [2.05, 4.69) is 27.7 Å². The summed E-state index contributed by atoms with van der Waals surface area (Å²) in [5, 5.41) is 5.20. The molecule has 3 rings (SSSR count). The number of nitrogens with zero attached hydrogens (tertiary/aromatic N) is 1. The Morgan fingerprint density at radius 3 is 2.92 bits per heavy atom. The summed E-state index contributed by atoms with van der Waals surface area (Å²) in [5.74, 6) is 1.57. The summed E-state index contributed by atoms with van der Waals surface area (Å²) in [6, 6.07) is 9.56. The van der Waals surface area contributed by atoms with Crippen LogP contribution in [-0.4, -0.2) is 44.7 Å². The zero-order chi connectivity index (χ0) is 18.4. The van der Waals surface area contributed by atoms with Crippen molar-refractivity contribution < 1.29 is 14.3 Å². The summed E-state index contributed by atoms with van der Waals surface area (Å²) in [6.07, 6.45) is 2.32. The van der Waals surface area contributed by atoms with Gasteiger partial charge in [-0.25, -0.2) is 0 Å². The van der Waals surface area contributed by atoms with Crippen molar-refractivity contribution in [2.45, 2.75) is 19.4 Å². The van der Waals surface area contributed by atoms with Gasteiger partial charge in [-0.15, -0.1) is 11.3 Å². The molecule has 140 valence electrons. The predicted molar refractivity (Wildman–Crippen MR) is 104 cm³/mol. The highest BCUT2D eigenvalue weighted by Crippen LogP contribution is 2.24. The first-order valence-corrected chi connectivity index (χ1v) is 9.82. The lowest BCUT2D eigenvalue weighted by molar-refractivity contribution is 0.0927. The SMILES string of the molecule is COc1ccc(OC)c(C(=O)NCC2CCCN(Cc3cccs3)C2)c1. The first-order valence-electron chi connectivity index (χ1n) is 8.94. The Bertz CT molecular complexity index is 718. The monoisotopic (exact) mass is 374 g/mol. The molecule has 1 aliphatic rings. The molecule has 1 saturated heterocycles. The average Bonchev–Trinajstić information content (AvgIpc) is 3.18. The minimum absolute atomic E-state index is 0.115. The van der Waals surface area contributed by atoms with E-state index in [9.17, 15) is 4.79 Å². The van der Waals surface area contributed by atoms with E-state index in [1.54, 1.807) is 43.8 Å². The van der Waals surface area contributed by atoms with E-state index in [0.29, 0.717) is 29.5 Å². The number of methoxy groups -OCH3 is 2. The summed E-state index contributed by atoms with van der Waals surface area (Å²) in [7, 11) is 3.16. The van der Waals surface area contributed by atoms with Crippen molar-refractivity contribution in [2.75, 3.05) is 33.9 Å². The van der Waals surface area contributed by atoms with Crippen molar-refractivity contribution in [3.05, 3.63) is 46.2 Å². The van der Waals surface area contributed by atoms with E-state index in [1.165, 1.54) is 11.3 Å². The Hall–Kier alpha value is -2.05. The van der Waals surface area contributed by atoms with Crippen LogP contribution >= 0.6 is 11.3 Å². The van der Waals surface area contributed by atoms with Gasteiger partial charge in [0.05, 0.1) is 19.8 Å². The quantitative estimate of drug-likeness (QED) is 0.807. The lowest BCUT2D eigenvalue weighted by Gasteiger charge is -2.32. The second-order valence-electron chi connectivity index (χ2n) is 6.60. The van der Waals surface area contributed by atoms with E-state index in [1.807, 2.05) is 0 Å². The molecule has 0 aliphatic carbocycles. The lowest BCUT2D eigenvalue weighted by atomic mass is 9.97. The number of ether oxygens (including phenoxy) is 2. The summed E-state index contributed by atoms with van der Waals surface area (Å²) in [4.78, 5) is 16.5. The maximum absolute atomic E-state index is 12.6. The van der Waals surface area contributed by atoms with Gasteiger partial charge in [-0.05, 0) is 54.9 Å². The van der Waals surface area contributed by atoms with Crippen LogP contribution in [0, 0.1) is 5.92 Å². The third-order valence-electron chi connectivity index (χ3n) is 4.77. The van der Waals surface area contributed by atoms with Crippen LogP contribution in [0.2, 0.25) is 0 Å². The molecule has 26 heavy (non-hydrogen) atoms. The Morgan fingerprint density at radius 1 is 1.31 bits per heavy atom. The summed E-state index contributed by atoms with van der Waals surface area (Å²) >= 11 is 1.80. The second-order valence-corrected chi connectivity index (χ2v) is 7.63. The van der Waals surface area contributed by atoms with Gasteiger partial charge in [-0.1, -0.05) is 6.07 Å². The molecule has 2 aromatic rings. The summed E-state index contributed by atoms with van der Waals surface area (Å²) < 4.78 is 10.5. The van der Waals surface area contributed by atoms with Gasteiger partial charge in [0.1, 0.15) is 11.5 Å². The number of nitrogens with one attached hydrogen (secondary N) is 1. The molecule has 1 N–H and O–H groups in total. The van der Waals surface area contributed by atoms with Crippen LogP contribution in [0.15, 0.2) is 35.7 Å². The number of carbonyl (C=O) groups excluding carboxylic acids is 1. The van der Waals surface area contributed by atoms with Gasteiger partial charge in [0.25, 0.3) is 5.91 Å². The van der Waals surface area contributed by atoms with Crippen molar-refractivity contribution in [1.82, 2.24) is 10.2 Å². The number of piperidine rings is 1. The van der Waals surface area contributed by atoms with Crippen molar-refractivity contribution in [3.8, 4) is 11.5 Å². The predicted octanol–water partition coefficient (Wildman–Crippen LogP) is 3.41. The van der Waals surface area contributed by atoms with Crippen LogP contribution in [0.3, 0.4) is 0 Å². The largest absolute Gasteiger partial charge is 0.497 e. The average molecular weight is 375 g/mol. The minimum Gasteiger partial charge on any atom is -0.497 e. The molecule has 2 heterocycles. The fraction of sp³-hybridized carbons (Fsp3) is 0.450. The lowest BCUT2D eigenvalue weighted by Crippen LogP contribution is -2.40. The van der Waals surface area contributed by atoms with Gasteiger partial charge in [0.15, 0.2) is 0 Å². The first-order chi connectivity index (χ1) is 12.7. The van der Waals surface area contributed by atoms with Crippen molar-refractivity contribution in [1.29, 1.82) is 0 Å². The van der Waals surface area contributed by atoms with Crippen LogP contribution in [0.25, 0.3) is 0 Å². The van der Waals surface area contributed by atoms with Crippen LogP contribution in [0.1, 0.15) is 28.1 Å². The van der Waals surface area contributed by atoms with Crippen LogP contribution in [-0.2, 0) is 6.54 Å². The highest BCUT2D eigenvalue weighted by molar-refractivity contribution is 7.09. The molecule has 1 fully saturated rings. The maximum Gasteiger partial charge on any atom is 0.255 e. The van der Waals surface area contributed by atoms with Gasteiger partial charge >= 0.3 is 0 Å². The molecular weight excluding hydrogens is 348 g/mol. The highest BCUT2D eigenvalue weighted by atomic mass is 32.1. The second kappa shape index (κ2) is 9.05. The standard InChI is InChI=1S/C20H26N2O3S/c1-24-16-7-8-19(25-2)18(11-16)20(23)21-12-15-5-3-9-22(13-15)14-17-6-4-10-26-17/h4,6-8,10-11,15H,3,5,9,12-14H2,1-2H3,(H,21,23). The van der Waals surface area contributed by atoms with E-state index in [-0.39, 0.29) is 5.91 Å². The van der Waals surface area contributed by atoms with E-state index >= 15 is 0 Å². The van der Waals surface area contributed by atoms with Crippen molar-refractivity contribution in [3.63, 3.8) is 0 Å². The first kappa shape index (κ1) is 18.7. The fourth-order valence-corrected chi connectivity index (χ4v) is 4.15. The zero-order valence-electron chi connectivity index (χ0n) is 15.4. The molecule has 1 atom stereocenters. The molecular formula is C20H26N2O3S. The maximum atomic E-state index is 12.6. The number of hydrogen-bond donors (Lipinski definition) is 1. The molecule has 0 spiro atoms. The van der Waals surface area contributed by atoms with Gasteiger partial charge in [-0.2, -0.15) is 0 Å². The molecule has 0 saturated carbocycles. The van der Waals surface area contributed by atoms with E-state index in [4.69, 9.17) is 9.47 Å². The van der Waals surface area contributed by atoms with Crippen LogP contribution in [0.5, 0.6) is 11.5 Å². The Kier molecular flexibility index (Phi) is 6.52. The molecule has 1 aromatic carbocycles. The molecule has 1 unspecified atom stereocenters. The highest BCUT2D eigenvalue weighted by Gasteiger charge is 2.22. The number of rotatable bonds is 7. The third kappa shape index (κ3) is 4.77. The van der Waals surface area contributed by atoms with Crippen molar-refractivity contribution in [2.24, 2.45) is 5.92 Å². The summed E-state index contributed by atoms with van der Waals surface area (Å²) in [6.45, 7) is 3.84. The summed E-state index contributed by atoms with van der Waals surface area (Å²) in [5.41, 5.74) is 0.512. The Morgan fingerprint density at radius 2 is 2.19 bits per heavy atom. The fourth-order valence-electron chi connectivity index (χ4n) is 3.41. The smallest absolute Gasteiger partial charge is 0.255 e. The van der Waals surface area contributed by atoms with E-state index < -0.39 is 0 Å². The normalized spacial score (nSPS) is 17.7. The third-order valence-corrected chi connectivity index (χ3v) is 5.63. The molecule has 0 bridgehead atoms. The van der Waals surface area contributed by atoms with Crippen LogP contribution in [0.4, 0.5) is 0 Å². The topological polar surface area (TPSA) is 50.8 Å². The number of hydrogen-bond acceptors (Lipinski definition) is 5. The number of thiophene rings is 1. The molecule has 1 aliphatic heterocycles. The number of likely N-dealkylation sites (tertiary alicyclic amines) is 1. The van der Waals surface area contributed by atoms with E-state index in [0.717, 1.165) is 26.1 Å². The van der Waals surface area contributed by atoms with Gasteiger partial charge < -0.3 is 14.8 Å². The molecule has 5 nitrogen and oxygen atoms in total. The molecule has 0 radical (unpaired) electrons. The molecule has 1 amide bonds. The number of amides is 1. The molecule has 6 heteroatoms. The number of carbonyl (C=O) groups is 1. The Labute approximate surface area is 158 Å². The molecule has 1 aromatic heterocycles. The van der Waals surface area contributed by atoms with Crippen LogP contribution < -0.4 is 14.8 Å². The number of benzene rings is 1. The van der Waals surface area contributed by atoms with Gasteiger partial charge in [-0.3, -0.25) is 9.69 Å².